The summed E-state index contributed by atoms with van der Waals surface area (Å²) in [4.78, 5) is 10.6. The summed E-state index contributed by atoms with van der Waals surface area (Å²) in [6.45, 7) is 8.11. The molecular weight excluding hydrogens is 292 g/mol. The molecule has 3 rings (SSSR count). The Morgan fingerprint density at radius 2 is 1.64 bits per heavy atom. The van der Waals surface area contributed by atoms with Gasteiger partial charge in [0.1, 0.15) is 16.5 Å². The van der Waals surface area contributed by atoms with Crippen LogP contribution in [0, 0.1) is 27.7 Å². The number of aromatic hydroxyl groups is 1. The SMILES string of the molecule is Cc1cc(-c2ccccc2O)c(-c2nc(C)c(C)s2)nc1C. The second-order valence-electron chi connectivity index (χ2n) is 5.46. The minimum absolute atomic E-state index is 0.263. The highest BCUT2D eigenvalue weighted by molar-refractivity contribution is 7.15. The summed E-state index contributed by atoms with van der Waals surface area (Å²) in [5.74, 6) is 0.263. The van der Waals surface area contributed by atoms with E-state index in [1.54, 1.807) is 17.4 Å². The van der Waals surface area contributed by atoms with Crippen molar-refractivity contribution in [3.05, 3.63) is 52.2 Å². The number of pyridine rings is 1. The first-order valence-corrected chi connectivity index (χ1v) is 8.00. The van der Waals surface area contributed by atoms with Crippen LogP contribution in [0.1, 0.15) is 21.8 Å². The van der Waals surface area contributed by atoms with Crippen LogP contribution in [0.3, 0.4) is 0 Å². The van der Waals surface area contributed by atoms with E-state index in [4.69, 9.17) is 4.98 Å². The van der Waals surface area contributed by atoms with Gasteiger partial charge in [-0.25, -0.2) is 9.97 Å². The molecule has 3 aromatic rings. The van der Waals surface area contributed by atoms with Crippen LogP contribution in [0.4, 0.5) is 0 Å². The zero-order valence-corrected chi connectivity index (χ0v) is 14.0. The lowest BCUT2D eigenvalue weighted by Gasteiger charge is -2.11. The maximum absolute atomic E-state index is 10.2. The number of phenolic OH excluding ortho intramolecular Hbond substituents is 1. The summed E-state index contributed by atoms with van der Waals surface area (Å²) >= 11 is 1.64. The smallest absolute Gasteiger partial charge is 0.143 e. The molecule has 112 valence electrons. The van der Waals surface area contributed by atoms with Crippen molar-refractivity contribution in [1.29, 1.82) is 0 Å². The highest BCUT2D eigenvalue weighted by Gasteiger charge is 2.17. The molecule has 1 aromatic carbocycles. The Balaban J connectivity index is 2.30. The van der Waals surface area contributed by atoms with Gasteiger partial charge in [-0.15, -0.1) is 11.3 Å². The fraction of sp³-hybridized carbons (Fsp3) is 0.222. The molecular formula is C18H18N2OS. The van der Waals surface area contributed by atoms with Gasteiger partial charge in [0.25, 0.3) is 0 Å². The normalized spacial score (nSPS) is 10.9. The molecule has 0 aliphatic rings. The van der Waals surface area contributed by atoms with E-state index in [0.29, 0.717) is 0 Å². The lowest BCUT2D eigenvalue weighted by molar-refractivity contribution is 0.477. The van der Waals surface area contributed by atoms with Gasteiger partial charge in [0.2, 0.25) is 0 Å². The van der Waals surface area contributed by atoms with Crippen LogP contribution in [0.25, 0.3) is 21.8 Å². The quantitative estimate of drug-likeness (QED) is 0.738. The first-order chi connectivity index (χ1) is 10.5. The van der Waals surface area contributed by atoms with Crippen molar-refractivity contribution in [2.45, 2.75) is 27.7 Å². The van der Waals surface area contributed by atoms with Crippen molar-refractivity contribution in [1.82, 2.24) is 9.97 Å². The molecule has 0 bridgehead atoms. The van der Waals surface area contributed by atoms with Crippen LogP contribution in [-0.4, -0.2) is 15.1 Å². The van der Waals surface area contributed by atoms with E-state index in [0.717, 1.165) is 38.8 Å². The number of phenols is 1. The van der Waals surface area contributed by atoms with Gasteiger partial charge in [-0.1, -0.05) is 18.2 Å². The Morgan fingerprint density at radius 3 is 2.27 bits per heavy atom. The zero-order chi connectivity index (χ0) is 15.9. The van der Waals surface area contributed by atoms with Crippen LogP contribution in [0.5, 0.6) is 5.75 Å². The van der Waals surface area contributed by atoms with Crippen molar-refractivity contribution < 1.29 is 5.11 Å². The van der Waals surface area contributed by atoms with Gasteiger partial charge in [0.15, 0.2) is 0 Å². The van der Waals surface area contributed by atoms with Gasteiger partial charge in [-0.3, -0.25) is 0 Å². The minimum atomic E-state index is 0.263. The molecule has 0 spiro atoms. The summed E-state index contributed by atoms with van der Waals surface area (Å²) < 4.78 is 0. The second kappa shape index (κ2) is 5.54. The molecule has 4 heteroatoms. The number of para-hydroxylation sites is 1. The van der Waals surface area contributed by atoms with Crippen LogP contribution in [0.2, 0.25) is 0 Å². The summed E-state index contributed by atoms with van der Waals surface area (Å²) in [5.41, 5.74) is 5.68. The van der Waals surface area contributed by atoms with Gasteiger partial charge in [-0.05, 0) is 45.4 Å². The average Bonchev–Trinajstić information content (AvgIpc) is 2.82. The second-order valence-corrected chi connectivity index (χ2v) is 6.67. The topological polar surface area (TPSA) is 46.0 Å². The Morgan fingerprint density at radius 1 is 0.909 bits per heavy atom. The Hall–Kier alpha value is -2.20. The Bertz CT molecular complexity index is 833. The van der Waals surface area contributed by atoms with E-state index < -0.39 is 0 Å². The van der Waals surface area contributed by atoms with Gasteiger partial charge >= 0.3 is 0 Å². The molecule has 0 aliphatic carbocycles. The molecule has 0 unspecified atom stereocenters. The summed E-state index contributed by atoms with van der Waals surface area (Å²) in [5, 5.41) is 11.1. The average molecular weight is 310 g/mol. The molecule has 0 aliphatic heterocycles. The van der Waals surface area contributed by atoms with Crippen molar-refractivity contribution >= 4 is 11.3 Å². The maximum Gasteiger partial charge on any atom is 0.143 e. The largest absolute Gasteiger partial charge is 0.507 e. The number of aromatic nitrogens is 2. The number of hydrogen-bond acceptors (Lipinski definition) is 4. The summed E-state index contributed by atoms with van der Waals surface area (Å²) in [7, 11) is 0. The Kier molecular flexibility index (Phi) is 3.71. The lowest BCUT2D eigenvalue weighted by Crippen LogP contribution is -1.95. The van der Waals surface area contributed by atoms with E-state index in [2.05, 4.69) is 18.0 Å². The third-order valence-electron chi connectivity index (χ3n) is 3.89. The first-order valence-electron chi connectivity index (χ1n) is 7.18. The van der Waals surface area contributed by atoms with Crippen molar-refractivity contribution in [2.75, 3.05) is 0 Å². The standard InChI is InChI=1S/C18H18N2OS/c1-10-9-15(14-7-5-6-8-16(14)21)17(19-11(10)2)18-20-12(3)13(4)22-18/h5-9,21H,1-4H3. The van der Waals surface area contributed by atoms with E-state index >= 15 is 0 Å². The van der Waals surface area contributed by atoms with Crippen LogP contribution in [0.15, 0.2) is 30.3 Å². The van der Waals surface area contributed by atoms with Crippen molar-refractivity contribution in [3.63, 3.8) is 0 Å². The highest BCUT2D eigenvalue weighted by Crippen LogP contribution is 2.38. The number of nitrogens with zero attached hydrogens (tertiary/aromatic N) is 2. The zero-order valence-electron chi connectivity index (χ0n) is 13.1. The molecule has 0 atom stereocenters. The molecule has 3 nitrogen and oxygen atoms in total. The van der Waals surface area contributed by atoms with E-state index in [1.165, 1.54) is 4.88 Å². The van der Waals surface area contributed by atoms with E-state index in [9.17, 15) is 5.11 Å². The Labute approximate surface area is 134 Å². The number of thiazole rings is 1. The number of rotatable bonds is 2. The van der Waals surface area contributed by atoms with Crippen molar-refractivity contribution in [3.8, 4) is 27.6 Å². The first kappa shape index (κ1) is 14.7. The molecule has 22 heavy (non-hydrogen) atoms. The highest BCUT2D eigenvalue weighted by atomic mass is 32.1. The fourth-order valence-electron chi connectivity index (χ4n) is 2.35. The third-order valence-corrected chi connectivity index (χ3v) is 4.97. The maximum atomic E-state index is 10.2. The molecule has 0 amide bonds. The van der Waals surface area contributed by atoms with Crippen LogP contribution in [-0.2, 0) is 0 Å². The number of aryl methyl sites for hydroxylation is 4. The molecule has 0 fully saturated rings. The number of hydrogen-bond donors (Lipinski definition) is 1. The monoisotopic (exact) mass is 310 g/mol. The van der Waals surface area contributed by atoms with Crippen LogP contribution < -0.4 is 0 Å². The van der Waals surface area contributed by atoms with E-state index in [1.807, 2.05) is 39.0 Å². The molecule has 2 heterocycles. The van der Waals surface area contributed by atoms with E-state index in [-0.39, 0.29) is 5.75 Å². The molecule has 0 saturated carbocycles. The number of benzene rings is 1. The van der Waals surface area contributed by atoms with Gasteiger partial charge in [0, 0.05) is 21.7 Å². The summed E-state index contributed by atoms with van der Waals surface area (Å²) in [6.07, 6.45) is 0. The molecule has 1 N–H and O–H groups in total. The lowest BCUT2D eigenvalue weighted by atomic mass is 10.00. The molecule has 0 radical (unpaired) electrons. The molecule has 0 saturated heterocycles. The van der Waals surface area contributed by atoms with Crippen molar-refractivity contribution in [2.24, 2.45) is 0 Å². The third kappa shape index (κ3) is 2.50. The van der Waals surface area contributed by atoms with Gasteiger partial charge in [0.05, 0.1) is 5.69 Å². The summed E-state index contributed by atoms with van der Waals surface area (Å²) in [6, 6.07) is 9.44. The van der Waals surface area contributed by atoms with Crippen LogP contribution >= 0.6 is 11.3 Å². The fourth-order valence-corrected chi connectivity index (χ4v) is 3.27. The minimum Gasteiger partial charge on any atom is -0.507 e. The predicted octanol–water partition coefficient (Wildman–Crippen LogP) is 4.81. The van der Waals surface area contributed by atoms with Gasteiger partial charge < -0.3 is 5.11 Å². The molecule has 2 aromatic heterocycles. The van der Waals surface area contributed by atoms with Gasteiger partial charge in [-0.2, -0.15) is 0 Å². The predicted molar refractivity (Wildman–Crippen MR) is 91.4 cm³/mol.